The molecule has 0 saturated carbocycles. The third-order valence-corrected chi connectivity index (χ3v) is 8.37. The quantitative estimate of drug-likeness (QED) is 0.240. The van der Waals surface area contributed by atoms with E-state index in [0.29, 0.717) is 29.7 Å². The van der Waals surface area contributed by atoms with Gasteiger partial charge in [-0.1, -0.05) is 58.2 Å². The average molecular weight is 578 g/mol. The van der Waals surface area contributed by atoms with Gasteiger partial charge in [-0.05, 0) is 64.4 Å². The predicted octanol–water partition coefficient (Wildman–Crippen LogP) is 8.66. The zero-order valence-electron chi connectivity index (χ0n) is 24.4. The number of benzene rings is 2. The van der Waals surface area contributed by atoms with Crippen LogP contribution in [0.5, 0.6) is 0 Å². The van der Waals surface area contributed by atoms with E-state index in [2.05, 4.69) is 61.4 Å². The number of allylic oxidation sites excluding steroid dienone is 2. The lowest BCUT2D eigenvalue weighted by Gasteiger charge is -2.37. The van der Waals surface area contributed by atoms with Crippen molar-refractivity contribution in [2.75, 3.05) is 19.8 Å². The van der Waals surface area contributed by atoms with Crippen LogP contribution in [-0.4, -0.2) is 40.7 Å². The Morgan fingerprint density at radius 1 is 0.976 bits per heavy atom. The monoisotopic (exact) mass is 577 g/mol. The number of rotatable bonds is 10. The number of pyridine rings is 1. The molecule has 0 saturated heterocycles. The normalized spacial score (nSPS) is 15.6. The van der Waals surface area contributed by atoms with Crippen molar-refractivity contribution >= 4 is 11.8 Å². The molecule has 4 rings (SSSR count). The van der Waals surface area contributed by atoms with E-state index in [4.69, 9.17) is 0 Å². The topological polar surface area (TPSA) is 19.4 Å². The SMILES string of the molecule is C=C(CC(C(=C)N(Cc1ccnc(C(C)(C)C)c1)C1C=CSC1)c1ccc(-c2ccc(F)c(F)c2)cc1F)N(C)C. The fourth-order valence-corrected chi connectivity index (χ4v) is 5.74. The van der Waals surface area contributed by atoms with Crippen LogP contribution in [0.3, 0.4) is 0 Å². The summed E-state index contributed by atoms with van der Waals surface area (Å²) in [6, 6.07) is 12.7. The van der Waals surface area contributed by atoms with Crippen molar-refractivity contribution in [2.24, 2.45) is 0 Å². The first-order valence-electron chi connectivity index (χ1n) is 13.6. The van der Waals surface area contributed by atoms with E-state index in [0.717, 1.165) is 40.5 Å². The van der Waals surface area contributed by atoms with Crippen LogP contribution in [0, 0.1) is 17.5 Å². The zero-order chi connectivity index (χ0) is 29.9. The molecule has 7 heteroatoms. The summed E-state index contributed by atoms with van der Waals surface area (Å²) >= 11 is 1.74. The number of halogens is 3. The Balaban J connectivity index is 1.73. The van der Waals surface area contributed by atoms with E-state index in [-0.39, 0.29) is 11.5 Å². The summed E-state index contributed by atoms with van der Waals surface area (Å²) in [5.74, 6) is -1.86. The van der Waals surface area contributed by atoms with Crippen molar-refractivity contribution < 1.29 is 13.2 Å². The summed E-state index contributed by atoms with van der Waals surface area (Å²) in [4.78, 5) is 8.78. The summed E-state index contributed by atoms with van der Waals surface area (Å²) in [7, 11) is 3.84. The minimum absolute atomic E-state index is 0.0920. The Hall–Kier alpha value is -3.45. The molecule has 1 aliphatic heterocycles. The van der Waals surface area contributed by atoms with Gasteiger partial charge in [0.05, 0.1) is 6.04 Å². The molecule has 1 aliphatic rings. The highest BCUT2D eigenvalue weighted by Gasteiger charge is 2.29. The van der Waals surface area contributed by atoms with Gasteiger partial charge in [-0.15, -0.1) is 11.8 Å². The molecule has 3 nitrogen and oxygen atoms in total. The maximum Gasteiger partial charge on any atom is 0.159 e. The molecule has 1 aromatic heterocycles. The fourth-order valence-electron chi connectivity index (χ4n) is 4.85. The molecule has 0 aliphatic carbocycles. The Kier molecular flexibility index (Phi) is 9.37. The van der Waals surface area contributed by atoms with Gasteiger partial charge in [0, 0.05) is 61.0 Å². The molecule has 2 unspecified atom stereocenters. The average Bonchev–Trinajstić information content (AvgIpc) is 3.46. The van der Waals surface area contributed by atoms with Crippen molar-refractivity contribution in [3.05, 3.63) is 125 Å². The van der Waals surface area contributed by atoms with E-state index in [1.54, 1.807) is 23.9 Å². The minimum atomic E-state index is -0.968. The summed E-state index contributed by atoms with van der Waals surface area (Å²) < 4.78 is 43.3. The number of aromatic nitrogens is 1. The van der Waals surface area contributed by atoms with Gasteiger partial charge in [-0.2, -0.15) is 0 Å². The number of hydrogen-bond acceptors (Lipinski definition) is 4. The van der Waals surface area contributed by atoms with Crippen molar-refractivity contribution in [1.29, 1.82) is 0 Å². The van der Waals surface area contributed by atoms with Crippen molar-refractivity contribution in [2.45, 2.75) is 51.1 Å². The Morgan fingerprint density at radius 3 is 2.24 bits per heavy atom. The van der Waals surface area contributed by atoms with Crippen LogP contribution in [0.25, 0.3) is 11.1 Å². The summed E-state index contributed by atoms with van der Waals surface area (Å²) in [6.45, 7) is 15.8. The van der Waals surface area contributed by atoms with Gasteiger partial charge in [0.25, 0.3) is 0 Å². The van der Waals surface area contributed by atoms with E-state index in [9.17, 15) is 8.78 Å². The summed E-state index contributed by atoms with van der Waals surface area (Å²) in [5.41, 5.74) is 5.02. The molecule has 2 aromatic carbocycles. The highest BCUT2D eigenvalue weighted by atomic mass is 32.2. The Morgan fingerprint density at radius 2 is 1.66 bits per heavy atom. The number of nitrogens with zero attached hydrogens (tertiary/aromatic N) is 3. The lowest BCUT2D eigenvalue weighted by Crippen LogP contribution is -2.36. The second-order valence-electron chi connectivity index (χ2n) is 11.7. The van der Waals surface area contributed by atoms with Crippen molar-refractivity contribution in [1.82, 2.24) is 14.8 Å². The third kappa shape index (κ3) is 7.25. The van der Waals surface area contributed by atoms with Gasteiger partial charge < -0.3 is 9.80 Å². The fraction of sp³-hybridized carbons (Fsp3) is 0.324. The van der Waals surface area contributed by atoms with Crippen molar-refractivity contribution in [3.8, 4) is 11.1 Å². The first kappa shape index (κ1) is 30.5. The predicted molar refractivity (Wildman–Crippen MR) is 165 cm³/mol. The molecule has 0 amide bonds. The largest absolute Gasteiger partial charge is 0.381 e. The molecule has 2 heterocycles. The molecule has 0 N–H and O–H groups in total. The lowest BCUT2D eigenvalue weighted by atomic mass is 9.88. The summed E-state index contributed by atoms with van der Waals surface area (Å²) in [6.07, 6.45) is 4.48. The van der Waals surface area contributed by atoms with Gasteiger partial charge in [0.1, 0.15) is 5.82 Å². The van der Waals surface area contributed by atoms with Gasteiger partial charge in [0.2, 0.25) is 0 Å². The van der Waals surface area contributed by atoms with Crippen LogP contribution in [0.1, 0.15) is 49.9 Å². The van der Waals surface area contributed by atoms with E-state index < -0.39 is 23.4 Å². The van der Waals surface area contributed by atoms with Gasteiger partial charge >= 0.3 is 0 Å². The number of thioether (sulfide) groups is 1. The molecule has 0 fully saturated rings. The van der Waals surface area contributed by atoms with E-state index in [1.165, 1.54) is 12.1 Å². The lowest BCUT2D eigenvalue weighted by molar-refractivity contribution is 0.280. The molecule has 0 bridgehead atoms. The Bertz CT molecular complexity index is 1460. The maximum atomic E-state index is 15.9. The molecular weight excluding hydrogens is 539 g/mol. The maximum absolute atomic E-state index is 15.9. The van der Waals surface area contributed by atoms with Crippen LogP contribution >= 0.6 is 11.8 Å². The highest BCUT2D eigenvalue weighted by Crippen LogP contribution is 2.38. The van der Waals surface area contributed by atoms with E-state index in [1.807, 2.05) is 31.3 Å². The first-order valence-corrected chi connectivity index (χ1v) is 14.7. The zero-order valence-corrected chi connectivity index (χ0v) is 25.2. The molecule has 2 atom stereocenters. The molecule has 3 aromatic rings. The van der Waals surface area contributed by atoms with Crippen molar-refractivity contribution in [3.63, 3.8) is 0 Å². The molecule has 216 valence electrons. The molecule has 0 spiro atoms. The summed E-state index contributed by atoms with van der Waals surface area (Å²) in [5, 5.41) is 2.10. The van der Waals surface area contributed by atoms with Crippen LogP contribution in [0.4, 0.5) is 13.2 Å². The van der Waals surface area contributed by atoms with Gasteiger partial charge in [-0.3, -0.25) is 4.98 Å². The van der Waals surface area contributed by atoms with Crippen LogP contribution in [0.15, 0.2) is 90.8 Å². The first-order chi connectivity index (χ1) is 19.3. The minimum Gasteiger partial charge on any atom is -0.381 e. The van der Waals surface area contributed by atoms with Crippen LogP contribution in [0.2, 0.25) is 0 Å². The highest BCUT2D eigenvalue weighted by molar-refractivity contribution is 8.02. The molecule has 0 radical (unpaired) electrons. The molecule has 41 heavy (non-hydrogen) atoms. The van der Waals surface area contributed by atoms with E-state index >= 15 is 4.39 Å². The standard InChI is InChI=1S/C34H38F3N3S/c1-22(39(6)7)16-29(28-10-8-25(18-31(28)36)26-9-11-30(35)32(37)19-26)23(2)40(27-13-15-41-21-27)20-24-12-14-38-33(17-24)34(3,4)5/h8-15,17-19,27,29H,1-2,16,20-21H2,3-7H3. The Labute approximate surface area is 246 Å². The smallest absolute Gasteiger partial charge is 0.159 e. The second-order valence-corrected chi connectivity index (χ2v) is 12.7. The van der Waals surface area contributed by atoms with Crippen LogP contribution in [-0.2, 0) is 12.0 Å². The van der Waals surface area contributed by atoms with Crippen LogP contribution < -0.4 is 0 Å². The number of hydrogen-bond donors (Lipinski definition) is 0. The molecular formula is C34H38F3N3S. The van der Waals surface area contributed by atoms with Gasteiger partial charge in [0.15, 0.2) is 11.6 Å². The van der Waals surface area contributed by atoms with Gasteiger partial charge in [-0.25, -0.2) is 13.2 Å². The third-order valence-electron chi connectivity index (χ3n) is 7.48. The second kappa shape index (κ2) is 12.6.